The van der Waals surface area contributed by atoms with Crippen LogP contribution in [-0.2, 0) is 0 Å². The fraction of sp³-hybridized carbons (Fsp3) is 0.750. The van der Waals surface area contributed by atoms with Gasteiger partial charge in [0.05, 0.1) is 0 Å². The average Bonchev–Trinajstić information content (AvgIpc) is 1.96. The van der Waals surface area contributed by atoms with Crippen molar-refractivity contribution in [3.8, 4) is 0 Å². The Hall–Kier alpha value is -0.455. The molecule has 0 radical (unpaired) electrons. The van der Waals surface area contributed by atoms with Crippen molar-refractivity contribution >= 4 is 7.85 Å². The average molecular weight is 234 g/mol. The van der Waals surface area contributed by atoms with E-state index in [0.717, 1.165) is 6.42 Å². The number of hydrogen-bond donors (Lipinski definition) is 0. The van der Waals surface area contributed by atoms with Crippen LogP contribution in [0.3, 0.4) is 0 Å². The van der Waals surface area contributed by atoms with Gasteiger partial charge in [-0.3, -0.25) is 0 Å². The van der Waals surface area contributed by atoms with Crippen molar-refractivity contribution in [1.29, 1.82) is 0 Å². The summed E-state index contributed by atoms with van der Waals surface area (Å²) in [5, 5.41) is 0. The number of allylic oxidation sites excluding steroid dienone is 3. The van der Waals surface area contributed by atoms with E-state index in [1.54, 1.807) is 0 Å². The monoisotopic (exact) mass is 234 g/mol. The summed E-state index contributed by atoms with van der Waals surface area (Å²) in [4.78, 5) is 0. The zero-order valence-corrected chi connectivity index (χ0v) is 13.5. The molecule has 0 aliphatic heterocycles. The summed E-state index contributed by atoms with van der Waals surface area (Å²) in [5.41, 5.74) is 3.58. The molecule has 0 aromatic carbocycles. The smallest absolute Gasteiger partial charge is 0.112 e. The van der Waals surface area contributed by atoms with Crippen LogP contribution in [0.25, 0.3) is 0 Å². The van der Waals surface area contributed by atoms with Gasteiger partial charge in [0, 0.05) is 5.41 Å². The topological polar surface area (TPSA) is 0 Å². The summed E-state index contributed by atoms with van der Waals surface area (Å²) in [5.74, 6) is 0. The van der Waals surface area contributed by atoms with Gasteiger partial charge in [0.25, 0.3) is 0 Å². The summed E-state index contributed by atoms with van der Waals surface area (Å²) in [7, 11) is 2.23. The first-order chi connectivity index (χ1) is 7.33. The van der Waals surface area contributed by atoms with Gasteiger partial charge in [-0.2, -0.15) is 0 Å². The lowest BCUT2D eigenvalue weighted by atomic mass is 9.60. The molecule has 0 fully saturated rings. The predicted molar refractivity (Wildman–Crippen MR) is 83.1 cm³/mol. The molecule has 0 aromatic rings. The molecular weight excluding hydrogens is 203 g/mol. The normalized spacial score (nSPS) is 18.4. The molecule has 98 valence electrons. The molecular formula is C16H31B. The molecule has 0 saturated heterocycles. The van der Waals surface area contributed by atoms with E-state index >= 15 is 0 Å². The van der Waals surface area contributed by atoms with E-state index in [-0.39, 0.29) is 10.8 Å². The molecule has 0 heterocycles. The lowest BCUT2D eigenvalue weighted by molar-refractivity contribution is 0.244. The van der Waals surface area contributed by atoms with Gasteiger partial charge < -0.3 is 0 Å². The van der Waals surface area contributed by atoms with E-state index in [1.807, 2.05) is 0 Å². The fourth-order valence-corrected chi connectivity index (χ4v) is 3.54. The maximum atomic E-state index is 4.10. The second-order valence-corrected chi connectivity index (χ2v) is 7.98. The molecule has 0 saturated carbocycles. The van der Waals surface area contributed by atoms with Crippen LogP contribution in [0.1, 0.15) is 61.8 Å². The third-order valence-corrected chi connectivity index (χ3v) is 3.17. The predicted octanol–water partition coefficient (Wildman–Crippen LogP) is 4.57. The first kappa shape index (κ1) is 16.5. The van der Waals surface area contributed by atoms with Gasteiger partial charge in [0.15, 0.2) is 0 Å². The number of rotatable bonds is 3. The molecule has 0 aliphatic rings. The Labute approximate surface area is 110 Å². The van der Waals surface area contributed by atoms with E-state index in [0.29, 0.717) is 5.41 Å². The maximum absolute atomic E-state index is 4.10. The highest BCUT2D eigenvalue weighted by Crippen LogP contribution is 2.48. The summed E-state index contributed by atoms with van der Waals surface area (Å²) < 4.78 is 0. The van der Waals surface area contributed by atoms with Gasteiger partial charge in [-0.1, -0.05) is 67.0 Å². The van der Waals surface area contributed by atoms with Gasteiger partial charge >= 0.3 is 0 Å². The summed E-state index contributed by atoms with van der Waals surface area (Å²) in [6, 6.07) is 0. The van der Waals surface area contributed by atoms with E-state index < -0.39 is 0 Å². The van der Waals surface area contributed by atoms with Crippen LogP contribution in [0.5, 0.6) is 0 Å². The van der Waals surface area contributed by atoms with Crippen LogP contribution in [0, 0.1) is 16.2 Å². The van der Waals surface area contributed by atoms with Crippen molar-refractivity contribution in [1.82, 2.24) is 0 Å². The standard InChI is InChI=1S/C16H31B/c1-10-16(9,11-14(3,4)5)13(12(2)17)15(6,7)8/h10H,1,11,17H2,2-9H3/b13-12-. The zero-order chi connectivity index (χ0) is 14.1. The third-order valence-electron chi connectivity index (χ3n) is 3.17. The van der Waals surface area contributed by atoms with Crippen LogP contribution in [0.2, 0.25) is 0 Å². The van der Waals surface area contributed by atoms with Crippen LogP contribution in [0.15, 0.2) is 23.7 Å². The molecule has 0 nitrogen and oxygen atoms in total. The Morgan fingerprint density at radius 1 is 1.06 bits per heavy atom. The summed E-state index contributed by atoms with van der Waals surface area (Å²) in [6.07, 6.45) is 3.28. The van der Waals surface area contributed by atoms with Crippen molar-refractivity contribution in [2.24, 2.45) is 16.2 Å². The largest absolute Gasteiger partial charge is 0.133 e. The van der Waals surface area contributed by atoms with Gasteiger partial charge in [0.2, 0.25) is 0 Å². The lowest BCUT2D eigenvalue weighted by Gasteiger charge is -2.42. The highest BCUT2D eigenvalue weighted by Gasteiger charge is 2.36. The quantitative estimate of drug-likeness (QED) is 0.495. The lowest BCUT2D eigenvalue weighted by Crippen LogP contribution is -2.31. The Morgan fingerprint density at radius 2 is 1.47 bits per heavy atom. The second-order valence-electron chi connectivity index (χ2n) is 7.98. The Bertz CT molecular complexity index is 305. The van der Waals surface area contributed by atoms with Gasteiger partial charge in [-0.25, -0.2) is 0 Å². The van der Waals surface area contributed by atoms with Crippen molar-refractivity contribution in [2.45, 2.75) is 61.8 Å². The van der Waals surface area contributed by atoms with Gasteiger partial charge in [-0.05, 0) is 17.3 Å². The second kappa shape index (κ2) is 5.04. The minimum Gasteiger partial charge on any atom is -0.112 e. The SMILES string of the molecule is B/C(C)=C(/C(C)(C)C)C(C)(C=C)CC(C)(C)C. The molecule has 0 bridgehead atoms. The van der Waals surface area contributed by atoms with Gasteiger partial charge in [0.1, 0.15) is 7.85 Å². The molecule has 0 aromatic heterocycles. The first-order valence-electron chi connectivity index (χ1n) is 6.65. The molecule has 0 aliphatic carbocycles. The molecule has 0 N–H and O–H groups in total. The molecule has 1 heteroatoms. The summed E-state index contributed by atoms with van der Waals surface area (Å²) in [6.45, 7) is 22.5. The molecule has 1 unspecified atom stereocenters. The highest BCUT2D eigenvalue weighted by molar-refractivity contribution is 6.21. The minimum absolute atomic E-state index is 0.0926. The van der Waals surface area contributed by atoms with Gasteiger partial charge in [-0.15, -0.1) is 12.1 Å². The molecule has 0 rings (SSSR count). The van der Waals surface area contributed by atoms with E-state index in [1.165, 1.54) is 11.0 Å². The van der Waals surface area contributed by atoms with Crippen molar-refractivity contribution in [3.63, 3.8) is 0 Å². The first-order valence-corrected chi connectivity index (χ1v) is 6.65. The summed E-state index contributed by atoms with van der Waals surface area (Å²) >= 11 is 0. The maximum Gasteiger partial charge on any atom is 0.133 e. The van der Waals surface area contributed by atoms with Crippen molar-refractivity contribution in [2.75, 3.05) is 0 Å². The number of hydrogen-bond acceptors (Lipinski definition) is 0. The van der Waals surface area contributed by atoms with Crippen LogP contribution in [0.4, 0.5) is 0 Å². The van der Waals surface area contributed by atoms with Crippen molar-refractivity contribution in [3.05, 3.63) is 23.7 Å². The van der Waals surface area contributed by atoms with Crippen LogP contribution < -0.4 is 0 Å². The highest BCUT2D eigenvalue weighted by atomic mass is 14.4. The van der Waals surface area contributed by atoms with Crippen molar-refractivity contribution < 1.29 is 0 Å². The fourth-order valence-electron chi connectivity index (χ4n) is 3.54. The third kappa shape index (κ3) is 4.73. The Balaban J connectivity index is 5.65. The Kier molecular flexibility index (Phi) is 4.90. The van der Waals surface area contributed by atoms with E-state index in [2.05, 4.69) is 75.9 Å². The van der Waals surface area contributed by atoms with Crippen LogP contribution in [-0.4, -0.2) is 7.85 Å². The van der Waals surface area contributed by atoms with Crippen LogP contribution >= 0.6 is 0 Å². The molecule has 1 atom stereocenters. The van der Waals surface area contributed by atoms with E-state index in [4.69, 9.17) is 0 Å². The molecule has 0 amide bonds. The Morgan fingerprint density at radius 3 is 1.65 bits per heavy atom. The zero-order valence-electron chi connectivity index (χ0n) is 13.5. The molecule has 0 spiro atoms. The minimum atomic E-state index is 0.0926. The molecule has 17 heavy (non-hydrogen) atoms. The van der Waals surface area contributed by atoms with E-state index in [9.17, 15) is 0 Å².